The lowest BCUT2D eigenvalue weighted by Gasteiger charge is -1.98. The van der Waals surface area contributed by atoms with Gasteiger partial charge in [0.25, 0.3) is 0 Å². The number of hydrogen-bond donors (Lipinski definition) is 0. The van der Waals surface area contributed by atoms with E-state index in [0.29, 0.717) is 5.41 Å². The van der Waals surface area contributed by atoms with E-state index in [2.05, 4.69) is 0 Å². The molecule has 0 fully saturated rings. The van der Waals surface area contributed by atoms with Gasteiger partial charge in [0.15, 0.2) is 0 Å². The molecule has 68 valence electrons. The zero-order chi connectivity index (χ0) is 9.64. The normalized spacial score (nSPS) is 18.2. The third-order valence-corrected chi connectivity index (χ3v) is 3.44. The van der Waals surface area contributed by atoms with Gasteiger partial charge in [-0.05, 0) is 19.1 Å². The molecule has 0 spiro atoms. The van der Waals surface area contributed by atoms with Gasteiger partial charge in [0, 0.05) is 5.56 Å². The maximum Gasteiger partial charge on any atom is 0.203 e. The van der Waals surface area contributed by atoms with Crippen LogP contribution in [-0.2, 0) is 9.84 Å². The molecule has 1 aliphatic heterocycles. The Bertz CT molecular complexity index is 500. The number of halogens is 1. The molecule has 0 aromatic heterocycles. The number of rotatable bonds is 0. The average Bonchev–Trinajstić information content (AvgIpc) is 2.22. The van der Waals surface area contributed by atoms with E-state index in [4.69, 9.17) is 0 Å². The fraction of sp³-hybridized carbons (Fsp3) is 0.111. The highest BCUT2D eigenvalue weighted by atomic mass is 32.2. The van der Waals surface area contributed by atoms with E-state index in [1.807, 2.05) is 0 Å². The van der Waals surface area contributed by atoms with Crippen LogP contribution >= 0.6 is 0 Å². The number of benzene rings is 1. The van der Waals surface area contributed by atoms with Crippen molar-refractivity contribution < 1.29 is 12.8 Å². The van der Waals surface area contributed by atoms with Gasteiger partial charge in [-0.3, -0.25) is 0 Å². The van der Waals surface area contributed by atoms with E-state index >= 15 is 0 Å². The van der Waals surface area contributed by atoms with Crippen LogP contribution in [0.1, 0.15) is 11.1 Å². The Labute approximate surface area is 75.6 Å². The van der Waals surface area contributed by atoms with Crippen LogP contribution in [0.15, 0.2) is 28.5 Å². The monoisotopic (exact) mass is 198 g/mol. The molecule has 0 saturated heterocycles. The first-order valence-electron chi connectivity index (χ1n) is 3.74. The van der Waals surface area contributed by atoms with Crippen molar-refractivity contribution >= 4 is 15.7 Å². The lowest BCUT2D eigenvalue weighted by Crippen LogP contribution is -1.92. The zero-order valence-corrected chi connectivity index (χ0v) is 7.73. The summed E-state index contributed by atoms with van der Waals surface area (Å²) in [4.78, 5) is 0.0654. The van der Waals surface area contributed by atoms with Crippen LogP contribution in [0.5, 0.6) is 0 Å². The standard InChI is InChI=1S/C9H7FO2S/c1-6-2-3-9-7(4-6)8(10)5-13(9,11)12/h2-5H,1H3. The molecule has 0 aliphatic carbocycles. The van der Waals surface area contributed by atoms with Crippen molar-refractivity contribution in [3.05, 3.63) is 34.7 Å². The minimum Gasteiger partial charge on any atom is -0.219 e. The molecule has 0 atom stereocenters. The molecule has 0 N–H and O–H groups in total. The van der Waals surface area contributed by atoms with Crippen LogP contribution in [0.25, 0.3) is 5.83 Å². The Morgan fingerprint density at radius 2 is 2.00 bits per heavy atom. The van der Waals surface area contributed by atoms with Gasteiger partial charge in [0.2, 0.25) is 9.84 Å². The Kier molecular flexibility index (Phi) is 1.57. The first kappa shape index (κ1) is 8.44. The van der Waals surface area contributed by atoms with E-state index in [1.165, 1.54) is 12.1 Å². The minimum atomic E-state index is -3.51. The predicted octanol–water partition coefficient (Wildman–Crippen LogP) is 2.05. The molecule has 13 heavy (non-hydrogen) atoms. The molecule has 0 bridgehead atoms. The SMILES string of the molecule is Cc1ccc2c(c1)C(F)=CS2(=O)=O. The van der Waals surface area contributed by atoms with Gasteiger partial charge in [0.1, 0.15) is 5.83 Å². The third kappa shape index (κ3) is 1.18. The second kappa shape index (κ2) is 2.42. The molecule has 4 heteroatoms. The average molecular weight is 198 g/mol. The molecule has 1 aromatic carbocycles. The molecular weight excluding hydrogens is 191 g/mol. The topological polar surface area (TPSA) is 34.1 Å². The van der Waals surface area contributed by atoms with Gasteiger partial charge in [-0.15, -0.1) is 0 Å². The molecular formula is C9H7FO2S. The predicted molar refractivity (Wildman–Crippen MR) is 47.4 cm³/mol. The van der Waals surface area contributed by atoms with Crippen LogP contribution in [0.4, 0.5) is 4.39 Å². The third-order valence-electron chi connectivity index (χ3n) is 1.96. The largest absolute Gasteiger partial charge is 0.219 e. The minimum absolute atomic E-state index is 0.0654. The molecule has 1 heterocycles. The van der Waals surface area contributed by atoms with Crippen molar-refractivity contribution in [2.45, 2.75) is 11.8 Å². The van der Waals surface area contributed by atoms with Crippen molar-refractivity contribution in [1.82, 2.24) is 0 Å². The van der Waals surface area contributed by atoms with Crippen LogP contribution in [-0.4, -0.2) is 8.42 Å². The Balaban J connectivity index is 2.82. The van der Waals surface area contributed by atoms with Crippen LogP contribution in [0, 0.1) is 6.92 Å². The van der Waals surface area contributed by atoms with Gasteiger partial charge in [-0.2, -0.15) is 0 Å². The smallest absolute Gasteiger partial charge is 0.203 e. The maximum atomic E-state index is 13.1. The molecule has 0 amide bonds. The van der Waals surface area contributed by atoms with Crippen molar-refractivity contribution in [1.29, 1.82) is 0 Å². The van der Waals surface area contributed by atoms with Crippen molar-refractivity contribution in [2.24, 2.45) is 0 Å². The summed E-state index contributed by atoms with van der Waals surface area (Å²) in [6, 6.07) is 4.62. The quantitative estimate of drug-likeness (QED) is 0.639. The first-order chi connectivity index (χ1) is 6.00. The van der Waals surface area contributed by atoms with E-state index in [1.54, 1.807) is 13.0 Å². The second-order valence-corrected chi connectivity index (χ2v) is 4.78. The lowest BCUT2D eigenvalue weighted by atomic mass is 10.1. The Hall–Kier alpha value is -1.16. The number of sulfone groups is 1. The van der Waals surface area contributed by atoms with E-state index in [-0.39, 0.29) is 10.5 Å². The summed E-state index contributed by atoms with van der Waals surface area (Å²) >= 11 is 0. The van der Waals surface area contributed by atoms with E-state index < -0.39 is 15.7 Å². The van der Waals surface area contributed by atoms with Gasteiger partial charge < -0.3 is 0 Å². The zero-order valence-electron chi connectivity index (χ0n) is 6.91. The lowest BCUT2D eigenvalue weighted by molar-refractivity contribution is 0.605. The maximum absolute atomic E-state index is 13.1. The molecule has 1 aromatic rings. The second-order valence-electron chi connectivity index (χ2n) is 3.01. The fourth-order valence-corrected chi connectivity index (χ4v) is 2.59. The van der Waals surface area contributed by atoms with Gasteiger partial charge in [0.05, 0.1) is 10.3 Å². The summed E-state index contributed by atoms with van der Waals surface area (Å²) in [6.45, 7) is 1.79. The summed E-state index contributed by atoms with van der Waals surface area (Å²) < 4.78 is 35.6. The van der Waals surface area contributed by atoms with Crippen molar-refractivity contribution in [3.63, 3.8) is 0 Å². The van der Waals surface area contributed by atoms with E-state index in [0.717, 1.165) is 5.56 Å². The number of fused-ring (bicyclic) bond motifs is 1. The van der Waals surface area contributed by atoms with Crippen LogP contribution in [0.2, 0.25) is 0 Å². The number of hydrogen-bond acceptors (Lipinski definition) is 2. The molecule has 1 aliphatic rings. The molecule has 0 saturated carbocycles. The summed E-state index contributed by atoms with van der Waals surface area (Å²) in [5.74, 6) is -0.668. The summed E-state index contributed by atoms with van der Waals surface area (Å²) in [5.41, 5.74) is 1.03. The summed E-state index contributed by atoms with van der Waals surface area (Å²) in [5, 5.41) is 0.664. The van der Waals surface area contributed by atoms with Gasteiger partial charge in [-0.25, -0.2) is 12.8 Å². The molecule has 0 unspecified atom stereocenters. The van der Waals surface area contributed by atoms with Crippen molar-refractivity contribution in [3.8, 4) is 0 Å². The fourth-order valence-electron chi connectivity index (χ4n) is 1.34. The van der Waals surface area contributed by atoms with E-state index in [9.17, 15) is 12.8 Å². The van der Waals surface area contributed by atoms with Crippen LogP contribution in [0.3, 0.4) is 0 Å². The van der Waals surface area contributed by atoms with Crippen LogP contribution < -0.4 is 0 Å². The highest BCUT2D eigenvalue weighted by Crippen LogP contribution is 2.34. The Morgan fingerprint density at radius 3 is 2.69 bits per heavy atom. The van der Waals surface area contributed by atoms with Gasteiger partial charge >= 0.3 is 0 Å². The first-order valence-corrected chi connectivity index (χ1v) is 5.29. The highest BCUT2D eigenvalue weighted by molar-refractivity contribution is 7.94. The summed E-state index contributed by atoms with van der Waals surface area (Å²) in [7, 11) is -3.51. The van der Waals surface area contributed by atoms with Crippen molar-refractivity contribution in [2.75, 3.05) is 0 Å². The number of aryl methyl sites for hydroxylation is 1. The molecule has 0 radical (unpaired) electrons. The Morgan fingerprint density at radius 1 is 1.31 bits per heavy atom. The van der Waals surface area contributed by atoms with Gasteiger partial charge in [-0.1, -0.05) is 11.6 Å². The molecule has 2 rings (SSSR count). The summed E-state index contributed by atoms with van der Waals surface area (Å²) in [6.07, 6.45) is 0. The highest BCUT2D eigenvalue weighted by Gasteiger charge is 2.26. The molecule has 2 nitrogen and oxygen atoms in total.